The molecule has 1 aliphatic heterocycles. The smallest absolute Gasteiger partial charge is 0.261 e. The fourth-order valence-electron chi connectivity index (χ4n) is 3.28. The maximum atomic E-state index is 12.7. The van der Waals surface area contributed by atoms with Crippen molar-refractivity contribution in [2.24, 2.45) is 0 Å². The van der Waals surface area contributed by atoms with Crippen molar-refractivity contribution in [2.75, 3.05) is 14.3 Å². The summed E-state index contributed by atoms with van der Waals surface area (Å²) in [4.78, 5) is 24.6. The van der Waals surface area contributed by atoms with E-state index in [0.717, 1.165) is 4.90 Å². The van der Waals surface area contributed by atoms with Gasteiger partial charge in [-0.3, -0.25) is 23.9 Å². The lowest BCUT2D eigenvalue weighted by atomic mass is 10.3. The summed E-state index contributed by atoms with van der Waals surface area (Å²) >= 11 is 0. The molecule has 3 aromatic carbocycles. The van der Waals surface area contributed by atoms with Gasteiger partial charge in [0.1, 0.15) is 0 Å². The third-order valence-electron chi connectivity index (χ3n) is 4.90. The van der Waals surface area contributed by atoms with Crippen molar-refractivity contribution in [3.63, 3.8) is 0 Å². The van der Waals surface area contributed by atoms with Gasteiger partial charge in [-0.05, 0) is 60.7 Å². The third-order valence-corrected chi connectivity index (χ3v) is 7.69. The number of hydrogen-bond acceptors (Lipinski definition) is 6. The normalized spacial score (nSPS) is 14.4. The highest BCUT2D eigenvalue weighted by Crippen LogP contribution is 2.25. The average molecular weight is 486 g/mol. The predicted molar refractivity (Wildman–Crippen MR) is 123 cm³/mol. The van der Waals surface area contributed by atoms with Gasteiger partial charge in [0, 0.05) is 24.2 Å². The Balaban J connectivity index is 1.48. The monoisotopic (exact) mass is 485 g/mol. The van der Waals surface area contributed by atoms with Crippen molar-refractivity contribution >= 4 is 48.9 Å². The molecule has 0 saturated carbocycles. The minimum atomic E-state index is -3.98. The van der Waals surface area contributed by atoms with Gasteiger partial charge in [0.15, 0.2) is 0 Å². The quantitative estimate of drug-likeness (QED) is 0.495. The molecule has 1 fully saturated rings. The average Bonchev–Trinajstić information content (AvgIpc) is 3.12. The van der Waals surface area contributed by atoms with Crippen molar-refractivity contribution in [2.45, 2.75) is 22.6 Å². The van der Waals surface area contributed by atoms with E-state index in [4.69, 9.17) is 0 Å². The molecule has 2 N–H and O–H groups in total. The SMILES string of the molecule is O=C1CCC(=O)N1c1ccc(S(=O)(=O)Nc2ccc(S(=O)(=O)Nc3ccccc3)cc2)cc1. The first-order chi connectivity index (χ1) is 15.7. The largest absolute Gasteiger partial charge is 0.280 e. The van der Waals surface area contributed by atoms with E-state index in [1.807, 2.05) is 0 Å². The van der Waals surface area contributed by atoms with Crippen LogP contribution in [0.2, 0.25) is 0 Å². The van der Waals surface area contributed by atoms with Gasteiger partial charge in [0.2, 0.25) is 11.8 Å². The van der Waals surface area contributed by atoms with Crippen LogP contribution >= 0.6 is 0 Å². The molecule has 11 heteroatoms. The van der Waals surface area contributed by atoms with Crippen molar-refractivity contribution < 1.29 is 26.4 Å². The van der Waals surface area contributed by atoms with E-state index in [2.05, 4.69) is 9.44 Å². The highest BCUT2D eigenvalue weighted by atomic mass is 32.2. The van der Waals surface area contributed by atoms with E-state index < -0.39 is 20.0 Å². The van der Waals surface area contributed by atoms with Crippen molar-refractivity contribution in [3.8, 4) is 0 Å². The van der Waals surface area contributed by atoms with E-state index in [9.17, 15) is 26.4 Å². The molecule has 3 aromatic rings. The number of anilines is 3. The number of para-hydroxylation sites is 1. The second kappa shape index (κ2) is 8.68. The highest BCUT2D eigenvalue weighted by molar-refractivity contribution is 7.93. The standard InChI is InChI=1S/C22H19N3O6S2/c26-21-14-15-22(27)25(21)18-8-12-20(13-9-18)33(30,31)24-17-6-10-19(11-7-17)32(28,29)23-16-4-2-1-3-5-16/h1-13,23-24H,14-15H2. The molecule has 9 nitrogen and oxygen atoms in total. The molecule has 1 aliphatic rings. The number of amides is 2. The van der Waals surface area contributed by atoms with Gasteiger partial charge in [-0.25, -0.2) is 16.8 Å². The van der Waals surface area contributed by atoms with E-state index >= 15 is 0 Å². The second-order valence-corrected chi connectivity index (χ2v) is 10.6. The Morgan fingerprint density at radius 2 is 1.00 bits per heavy atom. The van der Waals surface area contributed by atoms with Gasteiger partial charge in [0.05, 0.1) is 15.5 Å². The van der Waals surface area contributed by atoms with E-state index in [-0.39, 0.29) is 40.1 Å². The summed E-state index contributed by atoms with van der Waals surface area (Å²) < 4.78 is 55.2. The Labute approximate surface area is 191 Å². The fraction of sp³-hybridized carbons (Fsp3) is 0.0909. The van der Waals surface area contributed by atoms with E-state index in [1.165, 1.54) is 48.5 Å². The first kappa shape index (κ1) is 22.5. The molecule has 0 radical (unpaired) electrons. The summed E-state index contributed by atoms with van der Waals surface area (Å²) in [5, 5.41) is 0. The molecular formula is C22H19N3O6S2. The molecule has 0 spiro atoms. The van der Waals surface area contributed by atoms with Crippen LogP contribution in [0.5, 0.6) is 0 Å². The molecule has 1 heterocycles. The lowest BCUT2D eigenvalue weighted by molar-refractivity contribution is -0.121. The van der Waals surface area contributed by atoms with Gasteiger partial charge in [-0.2, -0.15) is 0 Å². The molecule has 0 bridgehead atoms. The number of nitrogens with zero attached hydrogens (tertiary/aromatic N) is 1. The molecule has 0 unspecified atom stereocenters. The van der Waals surface area contributed by atoms with Crippen LogP contribution in [-0.2, 0) is 29.6 Å². The van der Waals surface area contributed by atoms with Gasteiger partial charge >= 0.3 is 0 Å². The van der Waals surface area contributed by atoms with Gasteiger partial charge < -0.3 is 0 Å². The minimum absolute atomic E-state index is 0.0291. The van der Waals surface area contributed by atoms with Gasteiger partial charge in [-0.1, -0.05) is 18.2 Å². The Bertz CT molecular complexity index is 1390. The molecule has 1 saturated heterocycles. The molecule has 0 atom stereocenters. The summed E-state index contributed by atoms with van der Waals surface area (Å²) in [6.07, 6.45) is 0.264. The van der Waals surface area contributed by atoms with Crippen LogP contribution in [0, 0.1) is 0 Å². The zero-order valence-corrected chi connectivity index (χ0v) is 18.8. The van der Waals surface area contributed by atoms with Gasteiger partial charge in [-0.15, -0.1) is 0 Å². The molecule has 0 aliphatic carbocycles. The number of rotatable bonds is 7. The van der Waals surface area contributed by atoms with Crippen molar-refractivity contribution in [1.29, 1.82) is 0 Å². The number of hydrogen-bond donors (Lipinski definition) is 2. The topological polar surface area (TPSA) is 130 Å². The number of imide groups is 1. The van der Waals surface area contributed by atoms with Crippen LogP contribution in [0.25, 0.3) is 0 Å². The first-order valence-corrected chi connectivity index (χ1v) is 12.8. The first-order valence-electron chi connectivity index (χ1n) is 9.82. The van der Waals surface area contributed by atoms with Crippen LogP contribution in [0.4, 0.5) is 17.1 Å². The molecule has 33 heavy (non-hydrogen) atoms. The Morgan fingerprint density at radius 3 is 1.48 bits per heavy atom. The Kier molecular flexibility index (Phi) is 5.91. The molecule has 170 valence electrons. The lowest BCUT2D eigenvalue weighted by Crippen LogP contribution is -2.28. The maximum absolute atomic E-state index is 12.7. The number of carbonyl (C=O) groups excluding carboxylic acids is 2. The summed E-state index contributed by atoms with van der Waals surface area (Å²) in [6.45, 7) is 0. The van der Waals surface area contributed by atoms with E-state index in [0.29, 0.717) is 11.4 Å². The lowest BCUT2D eigenvalue weighted by Gasteiger charge is -2.14. The Morgan fingerprint density at radius 1 is 0.576 bits per heavy atom. The summed E-state index contributed by atoms with van der Waals surface area (Å²) in [5.74, 6) is -0.656. The van der Waals surface area contributed by atoms with Crippen LogP contribution < -0.4 is 14.3 Å². The second-order valence-electron chi connectivity index (χ2n) is 7.22. The van der Waals surface area contributed by atoms with E-state index in [1.54, 1.807) is 30.3 Å². The summed E-state index contributed by atoms with van der Waals surface area (Å²) in [7, 11) is -7.82. The number of benzene rings is 3. The van der Waals surface area contributed by atoms with Crippen molar-refractivity contribution in [3.05, 3.63) is 78.9 Å². The number of sulfonamides is 2. The van der Waals surface area contributed by atoms with Crippen LogP contribution in [-0.4, -0.2) is 28.6 Å². The zero-order valence-electron chi connectivity index (χ0n) is 17.1. The van der Waals surface area contributed by atoms with Gasteiger partial charge in [0.25, 0.3) is 20.0 Å². The fourth-order valence-corrected chi connectivity index (χ4v) is 5.39. The molecular weight excluding hydrogens is 466 g/mol. The summed E-state index contributed by atoms with van der Waals surface area (Å²) in [6, 6.07) is 19.0. The predicted octanol–water partition coefficient (Wildman–Crippen LogP) is 2.94. The Hall–Kier alpha value is -3.70. The van der Waals surface area contributed by atoms with Crippen molar-refractivity contribution in [1.82, 2.24) is 0 Å². The highest BCUT2D eigenvalue weighted by Gasteiger charge is 2.30. The van der Waals surface area contributed by atoms with Crippen LogP contribution in [0.1, 0.15) is 12.8 Å². The zero-order chi connectivity index (χ0) is 23.6. The molecule has 2 amide bonds. The molecule has 0 aromatic heterocycles. The number of carbonyl (C=O) groups is 2. The van der Waals surface area contributed by atoms with Crippen LogP contribution in [0.15, 0.2) is 88.7 Å². The van der Waals surface area contributed by atoms with Crippen LogP contribution in [0.3, 0.4) is 0 Å². The summed E-state index contributed by atoms with van der Waals surface area (Å²) in [5.41, 5.74) is 0.882. The number of nitrogens with one attached hydrogen (secondary N) is 2. The maximum Gasteiger partial charge on any atom is 0.261 e. The molecule has 4 rings (SSSR count). The third kappa shape index (κ3) is 4.89. The minimum Gasteiger partial charge on any atom is -0.280 e.